The fourth-order valence-electron chi connectivity index (χ4n) is 2.47. The molecule has 0 amide bonds. The van der Waals surface area contributed by atoms with Crippen molar-refractivity contribution in [2.75, 3.05) is 26.7 Å². The molecule has 2 heterocycles. The van der Waals surface area contributed by atoms with Gasteiger partial charge in [-0.25, -0.2) is 0 Å². The zero-order valence-electron chi connectivity index (χ0n) is 7.94. The molecule has 2 atom stereocenters. The first kappa shape index (κ1) is 8.97. The molecule has 2 unspecified atom stereocenters. The molecule has 2 aliphatic rings. The van der Waals surface area contributed by atoms with Crippen LogP contribution in [0.4, 0.5) is 0 Å². The van der Waals surface area contributed by atoms with Crippen molar-refractivity contribution in [3.05, 3.63) is 0 Å². The molecule has 0 aromatic heterocycles. The lowest BCUT2D eigenvalue weighted by atomic mass is 10.2. The topological polar surface area (TPSA) is 43.8 Å². The Bertz CT molecular complexity index is 220. The highest BCUT2D eigenvalue weighted by atomic mass is 16.4. The molecule has 0 saturated carbocycles. The van der Waals surface area contributed by atoms with Crippen LogP contribution in [0.5, 0.6) is 0 Å². The van der Waals surface area contributed by atoms with Crippen LogP contribution >= 0.6 is 0 Å². The molecule has 74 valence electrons. The predicted molar refractivity (Wildman–Crippen MR) is 48.6 cm³/mol. The van der Waals surface area contributed by atoms with E-state index in [4.69, 9.17) is 5.11 Å². The van der Waals surface area contributed by atoms with Crippen molar-refractivity contribution < 1.29 is 9.90 Å². The number of carboxylic acids is 1. The summed E-state index contributed by atoms with van der Waals surface area (Å²) in [5.74, 6) is -0.646. The lowest BCUT2D eigenvalue weighted by Gasteiger charge is -2.37. The molecule has 4 heteroatoms. The number of nitrogens with zero attached hydrogens (tertiary/aromatic N) is 2. The maximum absolute atomic E-state index is 10.9. The van der Waals surface area contributed by atoms with E-state index in [1.54, 1.807) is 0 Å². The lowest BCUT2D eigenvalue weighted by molar-refractivity contribution is -0.143. The van der Waals surface area contributed by atoms with Crippen molar-refractivity contribution in [1.82, 2.24) is 9.80 Å². The summed E-state index contributed by atoms with van der Waals surface area (Å²) in [6.45, 7) is 2.95. The van der Waals surface area contributed by atoms with Gasteiger partial charge in [0.25, 0.3) is 0 Å². The second kappa shape index (κ2) is 3.27. The SMILES string of the molecule is CN1CCN2C(CCC2C(=O)O)C1. The number of piperazine rings is 1. The van der Waals surface area contributed by atoms with Gasteiger partial charge in [-0.15, -0.1) is 0 Å². The van der Waals surface area contributed by atoms with Crippen molar-refractivity contribution in [2.24, 2.45) is 0 Å². The molecule has 0 aliphatic carbocycles. The number of hydrogen-bond acceptors (Lipinski definition) is 3. The first-order chi connectivity index (χ1) is 6.18. The van der Waals surface area contributed by atoms with E-state index < -0.39 is 5.97 Å². The average molecular weight is 184 g/mol. The van der Waals surface area contributed by atoms with Crippen molar-refractivity contribution in [3.8, 4) is 0 Å². The molecule has 0 aromatic carbocycles. The van der Waals surface area contributed by atoms with E-state index in [2.05, 4.69) is 16.8 Å². The minimum atomic E-state index is -0.646. The van der Waals surface area contributed by atoms with Gasteiger partial charge in [-0.3, -0.25) is 9.69 Å². The molecular formula is C9H16N2O2. The zero-order valence-corrected chi connectivity index (χ0v) is 7.94. The van der Waals surface area contributed by atoms with Gasteiger partial charge in [-0.05, 0) is 19.9 Å². The van der Waals surface area contributed by atoms with Gasteiger partial charge in [-0.2, -0.15) is 0 Å². The van der Waals surface area contributed by atoms with Crippen LogP contribution in [0.3, 0.4) is 0 Å². The van der Waals surface area contributed by atoms with E-state index in [-0.39, 0.29) is 6.04 Å². The molecule has 1 N–H and O–H groups in total. The van der Waals surface area contributed by atoms with Gasteiger partial charge in [0.2, 0.25) is 0 Å². The first-order valence-electron chi connectivity index (χ1n) is 4.85. The van der Waals surface area contributed by atoms with Gasteiger partial charge in [-0.1, -0.05) is 0 Å². The third kappa shape index (κ3) is 1.56. The number of rotatable bonds is 1. The van der Waals surface area contributed by atoms with Crippen LogP contribution in [0.1, 0.15) is 12.8 Å². The zero-order chi connectivity index (χ0) is 9.42. The summed E-state index contributed by atoms with van der Waals surface area (Å²) in [7, 11) is 2.10. The molecule has 0 bridgehead atoms. The van der Waals surface area contributed by atoms with E-state index in [9.17, 15) is 4.79 Å². The summed E-state index contributed by atoms with van der Waals surface area (Å²) in [6, 6.07) is 0.276. The van der Waals surface area contributed by atoms with Gasteiger partial charge >= 0.3 is 5.97 Å². The summed E-state index contributed by atoms with van der Waals surface area (Å²) in [6.07, 6.45) is 1.87. The van der Waals surface area contributed by atoms with Crippen molar-refractivity contribution >= 4 is 5.97 Å². The number of carboxylic acid groups (broad SMARTS) is 1. The Morgan fingerprint density at radius 1 is 1.38 bits per heavy atom. The standard InChI is InChI=1S/C9H16N2O2/c1-10-4-5-11-7(6-10)2-3-8(11)9(12)13/h7-8H,2-6H2,1H3,(H,12,13). The number of carbonyl (C=O) groups is 1. The highest BCUT2D eigenvalue weighted by Gasteiger charge is 2.39. The van der Waals surface area contributed by atoms with Crippen LogP contribution in [-0.4, -0.2) is 59.6 Å². The monoisotopic (exact) mass is 184 g/mol. The van der Waals surface area contributed by atoms with Crippen LogP contribution < -0.4 is 0 Å². The molecule has 2 fully saturated rings. The minimum Gasteiger partial charge on any atom is -0.480 e. The Kier molecular flexibility index (Phi) is 2.26. The van der Waals surface area contributed by atoms with Gasteiger partial charge in [0.05, 0.1) is 0 Å². The largest absolute Gasteiger partial charge is 0.480 e. The van der Waals surface area contributed by atoms with Gasteiger partial charge in [0, 0.05) is 25.7 Å². The smallest absolute Gasteiger partial charge is 0.320 e. The van der Waals surface area contributed by atoms with Crippen molar-refractivity contribution in [1.29, 1.82) is 0 Å². The van der Waals surface area contributed by atoms with Crippen molar-refractivity contribution in [3.63, 3.8) is 0 Å². The third-order valence-corrected chi connectivity index (χ3v) is 3.19. The fraction of sp³-hybridized carbons (Fsp3) is 0.889. The Hall–Kier alpha value is -0.610. The Morgan fingerprint density at radius 3 is 2.85 bits per heavy atom. The second-order valence-corrected chi connectivity index (χ2v) is 4.09. The predicted octanol–water partition coefficient (Wildman–Crippen LogP) is -0.151. The van der Waals surface area contributed by atoms with E-state index in [1.807, 2.05) is 0 Å². The molecule has 4 nitrogen and oxygen atoms in total. The number of hydrogen-bond donors (Lipinski definition) is 1. The Balaban J connectivity index is 2.04. The van der Waals surface area contributed by atoms with E-state index in [0.717, 1.165) is 32.5 Å². The number of likely N-dealkylation sites (N-methyl/N-ethyl adjacent to an activating group) is 1. The fourth-order valence-corrected chi connectivity index (χ4v) is 2.47. The summed E-state index contributed by atoms with van der Waals surface area (Å²) < 4.78 is 0. The van der Waals surface area contributed by atoms with Gasteiger partial charge in [0.1, 0.15) is 6.04 Å². The second-order valence-electron chi connectivity index (χ2n) is 4.09. The van der Waals surface area contributed by atoms with E-state index >= 15 is 0 Å². The molecule has 0 spiro atoms. The van der Waals surface area contributed by atoms with E-state index in [1.165, 1.54) is 0 Å². The Morgan fingerprint density at radius 2 is 2.15 bits per heavy atom. The molecule has 2 saturated heterocycles. The quantitative estimate of drug-likeness (QED) is 0.615. The summed E-state index contributed by atoms with van der Waals surface area (Å²) in [5, 5.41) is 8.96. The van der Waals surface area contributed by atoms with Gasteiger partial charge < -0.3 is 10.0 Å². The maximum atomic E-state index is 10.9. The number of aliphatic carboxylic acids is 1. The highest BCUT2D eigenvalue weighted by molar-refractivity contribution is 5.74. The molecule has 2 rings (SSSR count). The van der Waals surface area contributed by atoms with E-state index in [0.29, 0.717) is 6.04 Å². The van der Waals surface area contributed by atoms with Crippen LogP contribution in [0.15, 0.2) is 0 Å². The molecule has 13 heavy (non-hydrogen) atoms. The Labute approximate surface area is 78.1 Å². The normalized spacial score (nSPS) is 36.1. The highest BCUT2D eigenvalue weighted by Crippen LogP contribution is 2.26. The molecule has 0 radical (unpaired) electrons. The van der Waals surface area contributed by atoms with Crippen LogP contribution in [-0.2, 0) is 4.79 Å². The number of fused-ring (bicyclic) bond motifs is 1. The van der Waals surface area contributed by atoms with Crippen LogP contribution in [0.2, 0.25) is 0 Å². The minimum absolute atomic E-state index is 0.210. The van der Waals surface area contributed by atoms with Gasteiger partial charge in [0.15, 0.2) is 0 Å². The maximum Gasteiger partial charge on any atom is 0.320 e. The molecule has 0 aromatic rings. The summed E-state index contributed by atoms with van der Waals surface area (Å²) >= 11 is 0. The van der Waals surface area contributed by atoms with Crippen LogP contribution in [0, 0.1) is 0 Å². The molecular weight excluding hydrogens is 168 g/mol. The summed E-state index contributed by atoms with van der Waals surface area (Å²) in [4.78, 5) is 15.3. The molecule has 2 aliphatic heterocycles. The van der Waals surface area contributed by atoms with Crippen molar-refractivity contribution in [2.45, 2.75) is 24.9 Å². The third-order valence-electron chi connectivity index (χ3n) is 3.19. The first-order valence-corrected chi connectivity index (χ1v) is 4.85. The summed E-state index contributed by atoms with van der Waals surface area (Å²) in [5.41, 5.74) is 0. The van der Waals surface area contributed by atoms with Crippen LogP contribution in [0.25, 0.3) is 0 Å². The average Bonchev–Trinajstić information content (AvgIpc) is 2.46. The lowest BCUT2D eigenvalue weighted by Crippen LogP contribution is -2.52.